The number of ether oxygens (including phenoxy) is 2. The van der Waals surface area contributed by atoms with Crippen LogP contribution in [0.4, 0.5) is 0 Å². The van der Waals surface area contributed by atoms with Gasteiger partial charge in [-0.2, -0.15) is 0 Å². The molecule has 0 unspecified atom stereocenters. The molecule has 0 saturated heterocycles. The predicted octanol–water partition coefficient (Wildman–Crippen LogP) is 4.41. The first-order valence-corrected chi connectivity index (χ1v) is 8.47. The lowest BCUT2D eigenvalue weighted by atomic mass is 10.1. The van der Waals surface area contributed by atoms with Crippen molar-refractivity contribution in [2.45, 2.75) is 17.6 Å². The minimum atomic E-state index is -0.320. The number of benzene rings is 2. The summed E-state index contributed by atoms with van der Waals surface area (Å²) < 4.78 is 15.9. The minimum Gasteiger partial charge on any atom is -0.497 e. The zero-order chi connectivity index (χ0) is 17.1. The molecule has 124 valence electrons. The summed E-state index contributed by atoms with van der Waals surface area (Å²) in [5.74, 6) is 2.30. The number of methoxy groups -OCH3 is 2. The molecule has 0 atom stereocenters. The molecule has 0 fully saturated rings. The molecule has 4 nitrogen and oxygen atoms in total. The highest BCUT2D eigenvalue weighted by molar-refractivity contribution is 7.98. The van der Waals surface area contributed by atoms with Crippen LogP contribution in [0.5, 0.6) is 11.5 Å². The van der Waals surface area contributed by atoms with Gasteiger partial charge in [-0.1, -0.05) is 0 Å². The first-order chi connectivity index (χ1) is 11.6. The van der Waals surface area contributed by atoms with Crippen molar-refractivity contribution in [1.29, 1.82) is 0 Å². The Morgan fingerprint density at radius 2 is 1.71 bits per heavy atom. The third-order valence-electron chi connectivity index (χ3n) is 3.74. The molecule has 0 bridgehead atoms. The van der Waals surface area contributed by atoms with Gasteiger partial charge in [0.15, 0.2) is 0 Å². The molecule has 3 aromatic rings. The summed E-state index contributed by atoms with van der Waals surface area (Å²) in [6.45, 7) is 1.91. The van der Waals surface area contributed by atoms with Crippen molar-refractivity contribution in [2.24, 2.45) is 0 Å². The Hall–Kier alpha value is -2.40. The summed E-state index contributed by atoms with van der Waals surface area (Å²) in [5, 5.41) is 0.960. The van der Waals surface area contributed by atoms with Crippen LogP contribution in [-0.2, 0) is 5.75 Å². The molecule has 24 heavy (non-hydrogen) atoms. The summed E-state index contributed by atoms with van der Waals surface area (Å²) in [7, 11) is 3.28. The molecule has 0 N–H and O–H groups in total. The molecule has 0 aliphatic rings. The highest BCUT2D eigenvalue weighted by atomic mass is 32.2. The number of aryl methyl sites for hydroxylation is 1. The summed E-state index contributed by atoms with van der Waals surface area (Å²) >= 11 is 1.67. The number of hydrogen-bond acceptors (Lipinski definition) is 5. The van der Waals surface area contributed by atoms with E-state index in [1.165, 1.54) is 6.07 Å². The van der Waals surface area contributed by atoms with Crippen LogP contribution in [0.25, 0.3) is 11.0 Å². The second-order valence-electron chi connectivity index (χ2n) is 5.42. The zero-order valence-corrected chi connectivity index (χ0v) is 14.6. The van der Waals surface area contributed by atoms with Crippen LogP contribution in [0, 0.1) is 6.92 Å². The Labute approximate surface area is 144 Å². The quantitative estimate of drug-likeness (QED) is 0.508. The average Bonchev–Trinajstić information content (AvgIpc) is 2.59. The van der Waals surface area contributed by atoms with Crippen molar-refractivity contribution in [3.8, 4) is 11.5 Å². The fourth-order valence-corrected chi connectivity index (χ4v) is 3.37. The van der Waals surface area contributed by atoms with Crippen molar-refractivity contribution in [1.82, 2.24) is 0 Å². The molecule has 2 aromatic carbocycles. The summed E-state index contributed by atoms with van der Waals surface area (Å²) in [4.78, 5) is 12.6. The van der Waals surface area contributed by atoms with Gasteiger partial charge < -0.3 is 13.9 Å². The fourth-order valence-electron chi connectivity index (χ4n) is 2.51. The smallest absolute Gasteiger partial charge is 0.336 e. The first kappa shape index (κ1) is 16.5. The van der Waals surface area contributed by atoms with Gasteiger partial charge in [-0.25, -0.2) is 4.79 Å². The zero-order valence-electron chi connectivity index (χ0n) is 13.8. The van der Waals surface area contributed by atoms with Crippen LogP contribution in [0.2, 0.25) is 0 Å². The normalized spacial score (nSPS) is 10.8. The first-order valence-electron chi connectivity index (χ1n) is 7.48. The van der Waals surface area contributed by atoms with Gasteiger partial charge in [0.2, 0.25) is 0 Å². The Kier molecular flexibility index (Phi) is 4.81. The maximum Gasteiger partial charge on any atom is 0.336 e. The van der Waals surface area contributed by atoms with E-state index in [-0.39, 0.29) is 5.63 Å². The van der Waals surface area contributed by atoms with Crippen molar-refractivity contribution in [2.75, 3.05) is 14.2 Å². The number of thioether (sulfide) groups is 1. The minimum absolute atomic E-state index is 0.320. The summed E-state index contributed by atoms with van der Waals surface area (Å²) in [6, 6.07) is 13.3. The Balaban J connectivity index is 1.84. The lowest BCUT2D eigenvalue weighted by molar-refractivity contribution is 0.393. The molecule has 0 spiro atoms. The molecule has 0 radical (unpaired) electrons. The monoisotopic (exact) mass is 342 g/mol. The van der Waals surface area contributed by atoms with Crippen LogP contribution < -0.4 is 15.1 Å². The molecule has 3 rings (SSSR count). The molecule has 5 heteroatoms. The van der Waals surface area contributed by atoms with E-state index in [0.717, 1.165) is 38.7 Å². The van der Waals surface area contributed by atoms with E-state index in [0.29, 0.717) is 5.58 Å². The SMILES string of the molecule is COc1cc(CSc2ccc3c(C)cc(=O)oc3c2)cc(OC)c1. The van der Waals surface area contributed by atoms with Crippen LogP contribution in [0.15, 0.2) is 56.6 Å². The third-order valence-corrected chi connectivity index (χ3v) is 4.80. The number of hydrogen-bond donors (Lipinski definition) is 0. The lowest BCUT2D eigenvalue weighted by Gasteiger charge is -2.09. The van der Waals surface area contributed by atoms with Crippen molar-refractivity contribution >= 4 is 22.7 Å². The van der Waals surface area contributed by atoms with E-state index < -0.39 is 0 Å². The van der Waals surface area contributed by atoms with E-state index >= 15 is 0 Å². The highest BCUT2D eigenvalue weighted by Crippen LogP contribution is 2.30. The topological polar surface area (TPSA) is 48.7 Å². The molecule has 0 aliphatic heterocycles. The average molecular weight is 342 g/mol. The van der Waals surface area contributed by atoms with Crippen LogP contribution in [0.1, 0.15) is 11.1 Å². The number of rotatable bonds is 5. The maximum atomic E-state index is 11.5. The Bertz CT molecular complexity index is 908. The maximum absolute atomic E-state index is 11.5. The second-order valence-corrected chi connectivity index (χ2v) is 6.46. The van der Waals surface area contributed by atoms with E-state index in [2.05, 4.69) is 0 Å². The molecule has 1 aromatic heterocycles. The summed E-state index contributed by atoms with van der Waals surface area (Å²) in [6.07, 6.45) is 0. The Morgan fingerprint density at radius 3 is 2.38 bits per heavy atom. The number of fused-ring (bicyclic) bond motifs is 1. The van der Waals surface area contributed by atoms with Crippen molar-refractivity contribution in [3.63, 3.8) is 0 Å². The predicted molar refractivity (Wildman–Crippen MR) is 96.3 cm³/mol. The van der Waals surface area contributed by atoms with Gasteiger partial charge in [0.1, 0.15) is 17.1 Å². The fraction of sp³-hybridized carbons (Fsp3) is 0.211. The molecule has 0 aliphatic carbocycles. The van der Waals surface area contributed by atoms with Gasteiger partial charge in [-0.05, 0) is 48.4 Å². The lowest BCUT2D eigenvalue weighted by Crippen LogP contribution is -1.97. The van der Waals surface area contributed by atoms with Gasteiger partial charge >= 0.3 is 5.63 Å². The van der Waals surface area contributed by atoms with Gasteiger partial charge in [0.25, 0.3) is 0 Å². The van der Waals surface area contributed by atoms with Crippen molar-refractivity contribution in [3.05, 3.63) is 64.0 Å². The molecule has 0 amide bonds. The third kappa shape index (κ3) is 3.57. The van der Waals surface area contributed by atoms with E-state index in [9.17, 15) is 4.79 Å². The molecular formula is C19H18O4S. The highest BCUT2D eigenvalue weighted by Gasteiger charge is 2.06. The standard InChI is InChI=1S/C19H18O4S/c1-12-6-19(20)23-18-10-16(4-5-17(12)18)24-11-13-7-14(21-2)9-15(8-13)22-3/h4-10H,11H2,1-3H3. The van der Waals surface area contributed by atoms with Crippen LogP contribution in [0.3, 0.4) is 0 Å². The van der Waals surface area contributed by atoms with E-state index in [1.807, 2.05) is 43.3 Å². The van der Waals surface area contributed by atoms with Gasteiger partial charge in [-0.3, -0.25) is 0 Å². The largest absolute Gasteiger partial charge is 0.497 e. The molecular weight excluding hydrogens is 324 g/mol. The molecule has 1 heterocycles. The van der Waals surface area contributed by atoms with Gasteiger partial charge in [-0.15, -0.1) is 11.8 Å². The van der Waals surface area contributed by atoms with E-state index in [1.54, 1.807) is 26.0 Å². The van der Waals surface area contributed by atoms with Crippen molar-refractivity contribution < 1.29 is 13.9 Å². The van der Waals surface area contributed by atoms with Crippen LogP contribution in [-0.4, -0.2) is 14.2 Å². The Morgan fingerprint density at radius 1 is 1.00 bits per heavy atom. The van der Waals surface area contributed by atoms with Gasteiger partial charge in [0.05, 0.1) is 14.2 Å². The second kappa shape index (κ2) is 7.01. The van der Waals surface area contributed by atoms with Crippen LogP contribution >= 0.6 is 11.8 Å². The molecule has 0 saturated carbocycles. The summed E-state index contributed by atoms with van der Waals surface area (Å²) in [5.41, 5.74) is 2.32. The van der Waals surface area contributed by atoms with Gasteiger partial charge in [0, 0.05) is 28.2 Å². The van der Waals surface area contributed by atoms with E-state index in [4.69, 9.17) is 13.9 Å².